The Kier molecular flexibility index (Phi) is 8.00. The third-order valence-electron chi connectivity index (χ3n) is 3.19. The zero-order valence-electron chi connectivity index (χ0n) is 14.2. The Hall–Kier alpha value is -3.01. The van der Waals surface area contributed by atoms with Crippen LogP contribution in [0.5, 0.6) is 5.75 Å². The maximum absolute atomic E-state index is 12.0. The highest BCUT2D eigenvalue weighted by Gasteiger charge is 2.21. The molecule has 2 amide bonds. The summed E-state index contributed by atoms with van der Waals surface area (Å²) in [5.41, 5.74) is 0.345. The maximum atomic E-state index is 12.0. The summed E-state index contributed by atoms with van der Waals surface area (Å²) in [7, 11) is 0. The molecule has 1 atom stereocenters. The minimum Gasteiger partial charge on any atom is -0.481 e. The number of benzene rings is 1. The molecule has 0 radical (unpaired) electrons. The molecule has 1 aromatic rings. The number of hydrogen-bond donors (Lipinski definition) is 3. The molecule has 1 rings (SSSR count). The number of aliphatic carboxylic acids is 1. The highest BCUT2D eigenvalue weighted by atomic mass is 16.5. The number of carboxylic acid groups (broad SMARTS) is 1. The first-order valence-corrected chi connectivity index (χ1v) is 7.80. The van der Waals surface area contributed by atoms with Crippen molar-refractivity contribution in [3.05, 3.63) is 29.8 Å². The van der Waals surface area contributed by atoms with Crippen molar-refractivity contribution in [2.24, 2.45) is 5.92 Å². The Morgan fingerprint density at radius 2 is 1.88 bits per heavy atom. The standard InChI is InChI=1S/C18H22N2O5/c1-4-9-25-14-7-5-13(6-8-14)17(22)19-11-16(21)20-15(18(23)24)10-12(2)3/h1,5-8,12,15H,9-11H2,2-3H3,(H,19,22)(H,20,21)(H,23,24)/t15-/m0/s1. The Morgan fingerprint density at radius 3 is 2.40 bits per heavy atom. The van der Waals surface area contributed by atoms with E-state index in [0.717, 1.165) is 0 Å². The lowest BCUT2D eigenvalue weighted by Crippen LogP contribution is -2.46. The number of carbonyl (C=O) groups excluding carboxylic acids is 2. The van der Waals surface area contributed by atoms with E-state index in [2.05, 4.69) is 16.6 Å². The van der Waals surface area contributed by atoms with Crippen LogP contribution in [-0.4, -0.2) is 42.1 Å². The van der Waals surface area contributed by atoms with Gasteiger partial charge in [-0.25, -0.2) is 4.79 Å². The average molecular weight is 346 g/mol. The second-order valence-electron chi connectivity index (χ2n) is 5.79. The van der Waals surface area contributed by atoms with E-state index >= 15 is 0 Å². The predicted octanol–water partition coefficient (Wildman–Crippen LogP) is 1.04. The molecule has 0 aliphatic carbocycles. The van der Waals surface area contributed by atoms with Gasteiger partial charge in [-0.1, -0.05) is 19.8 Å². The van der Waals surface area contributed by atoms with Crippen molar-refractivity contribution >= 4 is 17.8 Å². The molecule has 7 nitrogen and oxygen atoms in total. The Morgan fingerprint density at radius 1 is 1.24 bits per heavy atom. The molecule has 0 saturated carbocycles. The monoisotopic (exact) mass is 346 g/mol. The van der Waals surface area contributed by atoms with Crippen molar-refractivity contribution in [2.75, 3.05) is 13.2 Å². The van der Waals surface area contributed by atoms with Crippen LogP contribution in [0.3, 0.4) is 0 Å². The second-order valence-corrected chi connectivity index (χ2v) is 5.79. The van der Waals surface area contributed by atoms with Gasteiger partial charge in [0.1, 0.15) is 18.4 Å². The molecule has 1 aromatic carbocycles. The summed E-state index contributed by atoms with van der Waals surface area (Å²) in [5.74, 6) is 0.873. The van der Waals surface area contributed by atoms with Crippen molar-refractivity contribution in [2.45, 2.75) is 26.3 Å². The van der Waals surface area contributed by atoms with Crippen LogP contribution in [0.25, 0.3) is 0 Å². The zero-order valence-corrected chi connectivity index (χ0v) is 14.2. The largest absolute Gasteiger partial charge is 0.481 e. The lowest BCUT2D eigenvalue weighted by Gasteiger charge is -2.16. The summed E-state index contributed by atoms with van der Waals surface area (Å²) in [5, 5.41) is 13.9. The molecule has 0 heterocycles. The molecule has 7 heteroatoms. The van der Waals surface area contributed by atoms with E-state index in [1.807, 2.05) is 13.8 Å². The molecule has 134 valence electrons. The van der Waals surface area contributed by atoms with E-state index in [-0.39, 0.29) is 19.1 Å². The molecule has 0 fully saturated rings. The fraction of sp³-hybridized carbons (Fsp3) is 0.389. The van der Waals surface area contributed by atoms with Crippen LogP contribution >= 0.6 is 0 Å². The lowest BCUT2D eigenvalue weighted by molar-refractivity contribution is -0.142. The number of amides is 2. The van der Waals surface area contributed by atoms with Crippen LogP contribution in [0.4, 0.5) is 0 Å². The normalized spacial score (nSPS) is 11.3. The van der Waals surface area contributed by atoms with E-state index < -0.39 is 23.8 Å². The first-order valence-electron chi connectivity index (χ1n) is 7.80. The Balaban J connectivity index is 2.50. The summed E-state index contributed by atoms with van der Waals surface area (Å²) < 4.78 is 5.20. The van der Waals surface area contributed by atoms with E-state index in [0.29, 0.717) is 17.7 Å². The number of terminal acetylenes is 1. The minimum absolute atomic E-state index is 0.117. The van der Waals surface area contributed by atoms with Crippen LogP contribution < -0.4 is 15.4 Å². The molecular weight excluding hydrogens is 324 g/mol. The molecule has 0 spiro atoms. The molecule has 0 aliphatic rings. The van der Waals surface area contributed by atoms with Crippen molar-refractivity contribution in [1.29, 1.82) is 0 Å². The molecule has 0 aromatic heterocycles. The first kappa shape index (κ1) is 20.0. The summed E-state index contributed by atoms with van der Waals surface area (Å²) in [6.07, 6.45) is 5.40. The van der Waals surface area contributed by atoms with E-state index in [1.54, 1.807) is 12.1 Å². The molecule has 0 bridgehead atoms. The molecule has 0 aliphatic heterocycles. The number of nitrogens with one attached hydrogen (secondary N) is 2. The smallest absolute Gasteiger partial charge is 0.326 e. The van der Waals surface area contributed by atoms with Gasteiger partial charge in [0.25, 0.3) is 5.91 Å². The Labute approximate surface area is 146 Å². The van der Waals surface area contributed by atoms with E-state index in [1.165, 1.54) is 12.1 Å². The molecule has 25 heavy (non-hydrogen) atoms. The van der Waals surface area contributed by atoms with Gasteiger partial charge in [-0.05, 0) is 36.6 Å². The molecule has 0 unspecified atom stereocenters. The molecule has 0 saturated heterocycles. The first-order chi connectivity index (χ1) is 11.8. The number of carboxylic acids is 1. The lowest BCUT2D eigenvalue weighted by atomic mass is 10.0. The SMILES string of the molecule is C#CCOc1ccc(C(=O)NCC(=O)N[C@@H](CC(C)C)C(=O)O)cc1. The average Bonchev–Trinajstić information content (AvgIpc) is 2.57. The van der Waals surface area contributed by atoms with Crippen molar-refractivity contribution in [3.63, 3.8) is 0 Å². The minimum atomic E-state index is -1.10. The van der Waals surface area contributed by atoms with Gasteiger partial charge in [0, 0.05) is 5.56 Å². The van der Waals surface area contributed by atoms with Crippen LogP contribution in [0.2, 0.25) is 0 Å². The second kappa shape index (κ2) is 9.98. The van der Waals surface area contributed by atoms with Gasteiger partial charge in [-0.3, -0.25) is 9.59 Å². The topological polar surface area (TPSA) is 105 Å². The van der Waals surface area contributed by atoms with Gasteiger partial charge in [0.2, 0.25) is 5.91 Å². The predicted molar refractivity (Wildman–Crippen MR) is 92.1 cm³/mol. The molecular formula is C18H22N2O5. The fourth-order valence-electron chi connectivity index (χ4n) is 2.03. The maximum Gasteiger partial charge on any atom is 0.326 e. The van der Waals surface area contributed by atoms with Gasteiger partial charge >= 0.3 is 5.97 Å². The van der Waals surface area contributed by atoms with Crippen LogP contribution in [0, 0.1) is 18.3 Å². The van der Waals surface area contributed by atoms with E-state index in [4.69, 9.17) is 16.3 Å². The highest BCUT2D eigenvalue weighted by Crippen LogP contribution is 2.11. The summed E-state index contributed by atoms with van der Waals surface area (Å²) in [6, 6.07) is 5.29. The summed E-state index contributed by atoms with van der Waals surface area (Å²) in [6.45, 7) is 3.55. The van der Waals surface area contributed by atoms with Gasteiger partial charge in [0.05, 0.1) is 6.54 Å². The molecule has 3 N–H and O–H groups in total. The number of rotatable bonds is 9. The third kappa shape index (κ3) is 7.40. The fourth-order valence-corrected chi connectivity index (χ4v) is 2.03. The van der Waals surface area contributed by atoms with Crippen molar-refractivity contribution < 1.29 is 24.2 Å². The van der Waals surface area contributed by atoms with Gasteiger partial charge in [0.15, 0.2) is 0 Å². The van der Waals surface area contributed by atoms with Crippen molar-refractivity contribution in [1.82, 2.24) is 10.6 Å². The zero-order chi connectivity index (χ0) is 18.8. The number of carbonyl (C=O) groups is 3. The highest BCUT2D eigenvalue weighted by molar-refractivity contribution is 5.96. The van der Waals surface area contributed by atoms with E-state index in [9.17, 15) is 14.4 Å². The third-order valence-corrected chi connectivity index (χ3v) is 3.19. The van der Waals surface area contributed by atoms with Crippen LogP contribution in [0.1, 0.15) is 30.6 Å². The van der Waals surface area contributed by atoms with Crippen molar-refractivity contribution in [3.8, 4) is 18.1 Å². The number of ether oxygens (including phenoxy) is 1. The van der Waals surface area contributed by atoms with Crippen LogP contribution in [0.15, 0.2) is 24.3 Å². The van der Waals surface area contributed by atoms with Gasteiger partial charge < -0.3 is 20.5 Å². The Bertz CT molecular complexity index is 646. The van der Waals surface area contributed by atoms with Gasteiger partial charge in [-0.15, -0.1) is 6.42 Å². The van der Waals surface area contributed by atoms with Crippen LogP contribution in [-0.2, 0) is 9.59 Å². The number of hydrogen-bond acceptors (Lipinski definition) is 4. The quantitative estimate of drug-likeness (QED) is 0.580. The summed E-state index contributed by atoms with van der Waals surface area (Å²) in [4.78, 5) is 34.9. The summed E-state index contributed by atoms with van der Waals surface area (Å²) >= 11 is 0. The van der Waals surface area contributed by atoms with Gasteiger partial charge in [-0.2, -0.15) is 0 Å².